The fourth-order valence-corrected chi connectivity index (χ4v) is 3.04. The molecule has 1 aromatic heterocycles. The summed E-state index contributed by atoms with van der Waals surface area (Å²) in [4.78, 5) is 16.3. The molecule has 0 saturated heterocycles. The Morgan fingerprint density at radius 3 is 3.07 bits per heavy atom. The van der Waals surface area contributed by atoms with Gasteiger partial charge in [-0.1, -0.05) is 0 Å². The topological polar surface area (TPSA) is 30.7 Å². The maximum atomic E-state index is 11.7. The molecule has 0 bridgehead atoms. The Morgan fingerprint density at radius 1 is 1.60 bits per heavy atom. The molecule has 15 heavy (non-hydrogen) atoms. The molecule has 2 rings (SSSR count). The third kappa shape index (κ3) is 1.64. The van der Waals surface area contributed by atoms with Crippen molar-refractivity contribution in [1.82, 2.24) is 0 Å². The Labute approximate surface area is 92.5 Å². The Hall–Kier alpha value is -1.34. The second-order valence-electron chi connectivity index (χ2n) is 3.37. The zero-order chi connectivity index (χ0) is 10.8. The Bertz CT molecular complexity index is 442. The maximum Gasteiger partial charge on any atom is 0.328 e. The van der Waals surface area contributed by atoms with Gasteiger partial charge in [-0.3, -0.25) is 0 Å². The molecule has 0 fully saturated rings. The van der Waals surface area contributed by atoms with E-state index in [4.69, 9.17) is 11.3 Å². The number of carbonyl (C=O) groups excluding carboxylic acids is 1. The van der Waals surface area contributed by atoms with Crippen molar-refractivity contribution >= 4 is 22.3 Å². The lowest BCUT2D eigenvalue weighted by Crippen LogP contribution is -2.05. The second-order valence-corrected chi connectivity index (χ2v) is 4.45. The van der Waals surface area contributed by atoms with Gasteiger partial charge in [0.2, 0.25) is 0 Å². The molecule has 3 nitrogen and oxygen atoms in total. The van der Waals surface area contributed by atoms with E-state index in [1.165, 1.54) is 16.2 Å². The van der Waals surface area contributed by atoms with Gasteiger partial charge in [-0.25, -0.2) is 9.64 Å². The zero-order valence-corrected chi connectivity index (χ0v) is 9.32. The van der Waals surface area contributed by atoms with Crippen LogP contribution in [0, 0.1) is 6.57 Å². The lowest BCUT2D eigenvalue weighted by atomic mass is 10.1. The molecule has 0 spiro atoms. The highest BCUT2D eigenvalue weighted by Crippen LogP contribution is 2.41. The summed E-state index contributed by atoms with van der Waals surface area (Å²) in [7, 11) is 0. The third-order valence-corrected chi connectivity index (χ3v) is 3.67. The molecule has 1 aromatic rings. The minimum atomic E-state index is -0.331. The molecule has 0 atom stereocenters. The highest BCUT2D eigenvalue weighted by Gasteiger charge is 2.26. The summed E-state index contributed by atoms with van der Waals surface area (Å²) in [5.41, 5.74) is 1.59. The van der Waals surface area contributed by atoms with Crippen LogP contribution < -0.4 is 0 Å². The Morgan fingerprint density at radius 2 is 2.40 bits per heavy atom. The number of aryl methyl sites for hydroxylation is 1. The normalized spacial score (nSPS) is 13.3. The quantitative estimate of drug-likeness (QED) is 0.568. The third-order valence-electron chi connectivity index (χ3n) is 2.48. The minimum absolute atomic E-state index is 0.331. The first-order valence-corrected chi connectivity index (χ1v) is 5.78. The summed E-state index contributed by atoms with van der Waals surface area (Å²) in [6, 6.07) is 0. The minimum Gasteiger partial charge on any atom is -0.463 e. The van der Waals surface area contributed by atoms with Crippen molar-refractivity contribution in [3.63, 3.8) is 0 Å². The molecular weight excluding hydrogens is 210 g/mol. The fraction of sp³-hybridized carbons (Fsp3) is 0.455. The average Bonchev–Trinajstić information content (AvgIpc) is 2.75. The van der Waals surface area contributed by atoms with Crippen molar-refractivity contribution in [3.8, 4) is 0 Å². The van der Waals surface area contributed by atoms with Crippen molar-refractivity contribution in [2.24, 2.45) is 0 Å². The van der Waals surface area contributed by atoms with Gasteiger partial charge < -0.3 is 4.74 Å². The first kappa shape index (κ1) is 10.2. The number of rotatable bonds is 2. The molecule has 0 aliphatic heterocycles. The second kappa shape index (κ2) is 4.03. The van der Waals surface area contributed by atoms with E-state index in [9.17, 15) is 4.79 Å². The fourth-order valence-electron chi connectivity index (χ4n) is 1.88. The molecule has 1 aliphatic rings. The van der Waals surface area contributed by atoms with E-state index in [-0.39, 0.29) is 5.97 Å². The Kier molecular flexibility index (Phi) is 2.74. The summed E-state index contributed by atoms with van der Waals surface area (Å²) < 4.78 is 4.98. The SMILES string of the molecule is [C-]#[N+]c1sc2c(c1C(=O)OCC)CCC2. The molecule has 78 valence electrons. The Balaban J connectivity index is 2.45. The smallest absolute Gasteiger partial charge is 0.328 e. The standard InChI is InChI=1S/C11H11NO2S/c1-3-14-11(13)9-7-5-4-6-8(7)15-10(9)12-2/h3-6H2,1H3. The van der Waals surface area contributed by atoms with Crippen LogP contribution in [0.1, 0.15) is 34.1 Å². The number of hydrogen-bond acceptors (Lipinski definition) is 3. The number of esters is 1. The molecule has 0 unspecified atom stereocenters. The molecule has 1 aliphatic carbocycles. The summed E-state index contributed by atoms with van der Waals surface area (Å²) in [6.07, 6.45) is 3.00. The van der Waals surface area contributed by atoms with Gasteiger partial charge in [-0.05, 0) is 36.6 Å². The van der Waals surface area contributed by atoms with Gasteiger partial charge in [0.25, 0.3) is 5.00 Å². The monoisotopic (exact) mass is 221 g/mol. The summed E-state index contributed by atoms with van der Waals surface area (Å²) in [6.45, 7) is 9.19. The average molecular weight is 221 g/mol. The van der Waals surface area contributed by atoms with E-state index in [1.54, 1.807) is 6.92 Å². The lowest BCUT2D eigenvalue weighted by molar-refractivity contribution is 0.0527. The van der Waals surface area contributed by atoms with Gasteiger partial charge in [-0.15, -0.1) is 0 Å². The molecule has 0 radical (unpaired) electrons. The van der Waals surface area contributed by atoms with Crippen LogP contribution >= 0.6 is 11.3 Å². The lowest BCUT2D eigenvalue weighted by Gasteiger charge is -2.02. The van der Waals surface area contributed by atoms with E-state index in [0.29, 0.717) is 17.2 Å². The highest BCUT2D eigenvalue weighted by molar-refractivity contribution is 7.16. The van der Waals surface area contributed by atoms with Crippen LogP contribution in [0.4, 0.5) is 5.00 Å². The number of fused-ring (bicyclic) bond motifs is 1. The van der Waals surface area contributed by atoms with Gasteiger partial charge in [0.05, 0.1) is 18.7 Å². The van der Waals surface area contributed by atoms with Crippen LogP contribution in [0.25, 0.3) is 4.85 Å². The van der Waals surface area contributed by atoms with E-state index < -0.39 is 0 Å². The van der Waals surface area contributed by atoms with Crippen LogP contribution in [0.3, 0.4) is 0 Å². The van der Waals surface area contributed by atoms with Gasteiger partial charge in [0.1, 0.15) is 0 Å². The first-order valence-electron chi connectivity index (χ1n) is 4.97. The predicted octanol–water partition coefficient (Wildman–Crippen LogP) is 2.96. The summed E-state index contributed by atoms with van der Waals surface area (Å²) in [5.74, 6) is -0.331. The van der Waals surface area contributed by atoms with Crippen molar-refractivity contribution in [2.45, 2.75) is 26.2 Å². The van der Waals surface area contributed by atoms with Crippen LogP contribution in [0.15, 0.2) is 0 Å². The van der Waals surface area contributed by atoms with Crippen LogP contribution in [0.5, 0.6) is 0 Å². The van der Waals surface area contributed by atoms with E-state index in [2.05, 4.69) is 4.85 Å². The number of thiophene rings is 1. The number of hydrogen-bond donors (Lipinski definition) is 0. The van der Waals surface area contributed by atoms with E-state index in [0.717, 1.165) is 24.8 Å². The van der Waals surface area contributed by atoms with Gasteiger partial charge >= 0.3 is 5.97 Å². The van der Waals surface area contributed by atoms with Gasteiger partial charge in [0, 0.05) is 0 Å². The molecule has 0 amide bonds. The van der Waals surface area contributed by atoms with Gasteiger partial charge in [0.15, 0.2) is 0 Å². The molecular formula is C11H11NO2S. The molecule has 0 N–H and O–H groups in total. The van der Waals surface area contributed by atoms with Crippen LogP contribution in [-0.4, -0.2) is 12.6 Å². The molecule has 4 heteroatoms. The summed E-state index contributed by atoms with van der Waals surface area (Å²) in [5, 5.41) is 0.498. The highest BCUT2D eigenvalue weighted by atomic mass is 32.1. The van der Waals surface area contributed by atoms with Gasteiger partial charge in [-0.2, -0.15) is 11.3 Å². The van der Waals surface area contributed by atoms with Crippen molar-refractivity contribution in [3.05, 3.63) is 27.4 Å². The number of carbonyl (C=O) groups is 1. The molecule has 0 aromatic carbocycles. The van der Waals surface area contributed by atoms with Crippen molar-refractivity contribution < 1.29 is 9.53 Å². The first-order chi connectivity index (χ1) is 7.27. The van der Waals surface area contributed by atoms with Crippen LogP contribution in [0.2, 0.25) is 0 Å². The number of nitrogens with zero attached hydrogens (tertiary/aromatic N) is 1. The van der Waals surface area contributed by atoms with Crippen molar-refractivity contribution in [2.75, 3.05) is 6.61 Å². The predicted molar refractivity (Wildman–Crippen MR) is 58.6 cm³/mol. The number of ether oxygens (including phenoxy) is 1. The zero-order valence-electron chi connectivity index (χ0n) is 8.50. The molecule has 1 heterocycles. The maximum absolute atomic E-state index is 11.7. The van der Waals surface area contributed by atoms with E-state index in [1.807, 2.05) is 0 Å². The van der Waals surface area contributed by atoms with Crippen LogP contribution in [-0.2, 0) is 17.6 Å². The molecule has 0 saturated carbocycles. The van der Waals surface area contributed by atoms with Crippen molar-refractivity contribution in [1.29, 1.82) is 0 Å². The summed E-state index contributed by atoms with van der Waals surface area (Å²) >= 11 is 1.45. The van der Waals surface area contributed by atoms with E-state index >= 15 is 0 Å². The largest absolute Gasteiger partial charge is 0.463 e.